The molecule has 1 amide bonds. The lowest BCUT2D eigenvalue weighted by Gasteiger charge is -2.22. The average Bonchev–Trinajstić information content (AvgIpc) is 2.14. The minimum atomic E-state index is -4.47. The molecule has 0 aliphatic carbocycles. The van der Waals surface area contributed by atoms with Crippen molar-refractivity contribution in [2.45, 2.75) is 32.4 Å². The summed E-state index contributed by atoms with van der Waals surface area (Å²) < 4.78 is 37.5. The molecule has 1 aromatic carbocycles. The van der Waals surface area contributed by atoms with Gasteiger partial charge in [0.25, 0.3) is 0 Å². The highest BCUT2D eigenvalue weighted by atomic mass is 19.4. The number of halogens is 3. The number of primary amides is 1. The first-order valence-electron chi connectivity index (χ1n) is 5.05. The van der Waals surface area contributed by atoms with Gasteiger partial charge in [0, 0.05) is 5.56 Å². The van der Waals surface area contributed by atoms with Crippen LogP contribution in [0.15, 0.2) is 18.2 Å². The van der Waals surface area contributed by atoms with E-state index in [0.717, 1.165) is 12.1 Å². The Bertz CT molecular complexity index is 444. The van der Waals surface area contributed by atoms with Crippen molar-refractivity contribution >= 4 is 5.91 Å². The van der Waals surface area contributed by atoms with Gasteiger partial charge in [-0.25, -0.2) is 0 Å². The molecule has 0 aromatic heterocycles. The van der Waals surface area contributed by atoms with Crippen molar-refractivity contribution < 1.29 is 18.0 Å². The Kier molecular flexibility index (Phi) is 3.23. The van der Waals surface area contributed by atoms with Crippen molar-refractivity contribution in [3.8, 4) is 0 Å². The van der Waals surface area contributed by atoms with Crippen LogP contribution in [0.4, 0.5) is 13.2 Å². The Morgan fingerprint density at radius 2 is 1.71 bits per heavy atom. The van der Waals surface area contributed by atoms with Gasteiger partial charge in [-0.15, -0.1) is 0 Å². The van der Waals surface area contributed by atoms with Gasteiger partial charge < -0.3 is 5.73 Å². The lowest BCUT2D eigenvalue weighted by molar-refractivity contribution is -0.137. The van der Waals surface area contributed by atoms with Gasteiger partial charge in [-0.1, -0.05) is 26.8 Å². The third-order valence-electron chi connectivity index (χ3n) is 2.42. The molecule has 0 unspecified atom stereocenters. The van der Waals surface area contributed by atoms with Crippen molar-refractivity contribution in [1.29, 1.82) is 0 Å². The summed E-state index contributed by atoms with van der Waals surface area (Å²) in [5.74, 6) is -0.846. The summed E-state index contributed by atoms with van der Waals surface area (Å²) in [4.78, 5) is 11.2. The van der Waals surface area contributed by atoms with Crippen LogP contribution in [0.1, 0.15) is 42.3 Å². The zero-order valence-electron chi connectivity index (χ0n) is 9.85. The second-order valence-electron chi connectivity index (χ2n) is 4.87. The van der Waals surface area contributed by atoms with E-state index in [1.54, 1.807) is 0 Å². The summed E-state index contributed by atoms with van der Waals surface area (Å²) in [7, 11) is 0. The SMILES string of the molecule is CC(C)(C)c1ccc(C(F)(F)F)cc1C(N)=O. The van der Waals surface area contributed by atoms with Crippen molar-refractivity contribution in [2.24, 2.45) is 5.73 Å². The van der Waals surface area contributed by atoms with Gasteiger partial charge in [-0.2, -0.15) is 13.2 Å². The molecular formula is C12H14F3NO. The monoisotopic (exact) mass is 245 g/mol. The number of carbonyl (C=O) groups is 1. The van der Waals surface area contributed by atoms with Crippen molar-refractivity contribution in [3.05, 3.63) is 34.9 Å². The zero-order chi connectivity index (χ0) is 13.4. The van der Waals surface area contributed by atoms with E-state index in [1.807, 2.05) is 20.8 Å². The van der Waals surface area contributed by atoms with E-state index in [-0.39, 0.29) is 5.56 Å². The van der Waals surface area contributed by atoms with Crippen LogP contribution in [0.3, 0.4) is 0 Å². The summed E-state index contributed by atoms with van der Waals surface area (Å²) in [5, 5.41) is 0. The Morgan fingerprint density at radius 3 is 2.06 bits per heavy atom. The van der Waals surface area contributed by atoms with E-state index in [9.17, 15) is 18.0 Å². The largest absolute Gasteiger partial charge is 0.416 e. The van der Waals surface area contributed by atoms with E-state index in [1.165, 1.54) is 6.07 Å². The normalized spacial score (nSPS) is 12.6. The summed E-state index contributed by atoms with van der Waals surface area (Å²) in [6.07, 6.45) is -4.47. The summed E-state index contributed by atoms with van der Waals surface area (Å²) in [5.41, 5.74) is 4.25. The zero-order valence-corrected chi connectivity index (χ0v) is 9.85. The molecule has 0 saturated carbocycles. The second-order valence-corrected chi connectivity index (χ2v) is 4.87. The fourth-order valence-corrected chi connectivity index (χ4v) is 1.58. The predicted molar refractivity (Wildman–Crippen MR) is 58.7 cm³/mol. The number of benzene rings is 1. The maximum absolute atomic E-state index is 12.5. The molecule has 2 nitrogen and oxygen atoms in total. The van der Waals surface area contributed by atoms with Gasteiger partial charge in [0.2, 0.25) is 5.91 Å². The third kappa shape index (κ3) is 2.99. The molecule has 0 saturated heterocycles. The minimum Gasteiger partial charge on any atom is -0.366 e. The fourth-order valence-electron chi connectivity index (χ4n) is 1.58. The lowest BCUT2D eigenvalue weighted by atomic mass is 9.83. The highest BCUT2D eigenvalue weighted by Crippen LogP contribution is 2.33. The molecule has 2 N–H and O–H groups in total. The van der Waals surface area contributed by atoms with Gasteiger partial charge >= 0.3 is 6.18 Å². The first-order valence-corrected chi connectivity index (χ1v) is 5.05. The summed E-state index contributed by atoms with van der Waals surface area (Å²) in [6.45, 7) is 5.42. The quantitative estimate of drug-likeness (QED) is 0.811. The molecule has 94 valence electrons. The first kappa shape index (κ1) is 13.5. The molecule has 0 aliphatic heterocycles. The smallest absolute Gasteiger partial charge is 0.366 e. The molecule has 0 atom stereocenters. The fraction of sp³-hybridized carbons (Fsp3) is 0.417. The van der Waals surface area contributed by atoms with E-state index >= 15 is 0 Å². The van der Waals surface area contributed by atoms with Crippen LogP contribution in [-0.4, -0.2) is 5.91 Å². The summed E-state index contributed by atoms with van der Waals surface area (Å²) in [6, 6.07) is 3.08. The molecule has 0 bridgehead atoms. The molecule has 17 heavy (non-hydrogen) atoms. The van der Waals surface area contributed by atoms with Crippen molar-refractivity contribution in [1.82, 2.24) is 0 Å². The Labute approximate surface area is 97.6 Å². The van der Waals surface area contributed by atoms with Crippen LogP contribution >= 0.6 is 0 Å². The van der Waals surface area contributed by atoms with Gasteiger partial charge in [0.15, 0.2) is 0 Å². The first-order chi connectivity index (χ1) is 7.53. The number of carbonyl (C=O) groups excluding carboxylic acids is 1. The topological polar surface area (TPSA) is 43.1 Å². The second kappa shape index (κ2) is 4.05. The minimum absolute atomic E-state index is 0.0766. The van der Waals surface area contributed by atoms with Gasteiger partial charge in [-0.3, -0.25) is 4.79 Å². The van der Waals surface area contributed by atoms with E-state index in [4.69, 9.17) is 5.73 Å². The van der Waals surface area contributed by atoms with Crippen LogP contribution in [0, 0.1) is 0 Å². The van der Waals surface area contributed by atoms with Gasteiger partial charge in [-0.05, 0) is 23.1 Å². The van der Waals surface area contributed by atoms with E-state index < -0.39 is 23.1 Å². The molecular weight excluding hydrogens is 231 g/mol. The van der Waals surface area contributed by atoms with E-state index in [2.05, 4.69) is 0 Å². The van der Waals surface area contributed by atoms with E-state index in [0.29, 0.717) is 5.56 Å². The number of nitrogens with two attached hydrogens (primary N) is 1. The average molecular weight is 245 g/mol. The molecule has 1 rings (SSSR count). The Balaban J connectivity index is 3.43. The molecule has 1 aromatic rings. The van der Waals surface area contributed by atoms with Crippen LogP contribution in [0.2, 0.25) is 0 Å². The number of rotatable bonds is 1. The van der Waals surface area contributed by atoms with Crippen LogP contribution in [0.25, 0.3) is 0 Å². The molecule has 0 fully saturated rings. The maximum atomic E-state index is 12.5. The number of amides is 1. The molecule has 0 heterocycles. The van der Waals surface area contributed by atoms with Crippen molar-refractivity contribution in [2.75, 3.05) is 0 Å². The van der Waals surface area contributed by atoms with Crippen LogP contribution < -0.4 is 5.73 Å². The number of hydrogen-bond acceptors (Lipinski definition) is 1. The Hall–Kier alpha value is -1.52. The van der Waals surface area contributed by atoms with Gasteiger partial charge in [0.1, 0.15) is 0 Å². The highest BCUT2D eigenvalue weighted by molar-refractivity contribution is 5.95. The van der Waals surface area contributed by atoms with Crippen LogP contribution in [0.5, 0.6) is 0 Å². The van der Waals surface area contributed by atoms with Crippen molar-refractivity contribution in [3.63, 3.8) is 0 Å². The van der Waals surface area contributed by atoms with Crippen LogP contribution in [-0.2, 0) is 11.6 Å². The summed E-state index contributed by atoms with van der Waals surface area (Å²) >= 11 is 0. The molecule has 5 heteroatoms. The highest BCUT2D eigenvalue weighted by Gasteiger charge is 2.32. The van der Waals surface area contributed by atoms with Gasteiger partial charge in [0.05, 0.1) is 5.56 Å². The molecule has 0 radical (unpaired) electrons. The molecule has 0 spiro atoms. The number of hydrogen-bond donors (Lipinski definition) is 1. The standard InChI is InChI=1S/C12H14F3NO/c1-11(2,3)9-5-4-7(12(13,14)15)6-8(9)10(16)17/h4-6H,1-3H3,(H2,16,17). The number of alkyl halides is 3. The maximum Gasteiger partial charge on any atom is 0.416 e. The molecule has 0 aliphatic rings. The predicted octanol–water partition coefficient (Wildman–Crippen LogP) is 3.10. The third-order valence-corrected chi connectivity index (χ3v) is 2.42. The Morgan fingerprint density at radius 1 is 1.18 bits per heavy atom. The lowest BCUT2D eigenvalue weighted by Crippen LogP contribution is -2.22.